The van der Waals surface area contributed by atoms with Crippen LogP contribution >= 0.6 is 0 Å². The molecule has 0 aliphatic carbocycles. The predicted octanol–water partition coefficient (Wildman–Crippen LogP) is 4.07. The molecular weight excluding hydrogens is 422 g/mol. The Morgan fingerprint density at radius 1 is 0.970 bits per heavy atom. The Kier molecular flexibility index (Phi) is 21.8. The van der Waals surface area contributed by atoms with Gasteiger partial charge in [-0.3, -0.25) is 9.59 Å². The minimum Gasteiger partial charge on any atom is -0.461 e. The predicted molar refractivity (Wildman–Crippen MR) is 132 cm³/mol. The molecule has 0 aromatic carbocycles. The fourth-order valence-corrected chi connectivity index (χ4v) is 2.95. The van der Waals surface area contributed by atoms with E-state index in [0.717, 1.165) is 45.2 Å². The van der Waals surface area contributed by atoms with E-state index in [4.69, 9.17) is 19.3 Å². The van der Waals surface area contributed by atoms with Gasteiger partial charge in [0.15, 0.2) is 0 Å². The highest BCUT2D eigenvalue weighted by Gasteiger charge is 2.07. The van der Waals surface area contributed by atoms with E-state index < -0.39 is 0 Å². The molecule has 0 bridgehead atoms. The maximum atomic E-state index is 11.9. The van der Waals surface area contributed by atoms with Crippen molar-refractivity contribution in [1.82, 2.24) is 4.90 Å². The van der Waals surface area contributed by atoms with E-state index in [1.807, 2.05) is 44.2 Å². The van der Waals surface area contributed by atoms with Crippen LogP contribution in [0.25, 0.3) is 0 Å². The second-order valence-corrected chi connectivity index (χ2v) is 7.74. The van der Waals surface area contributed by atoms with E-state index in [9.17, 15) is 9.59 Å². The molecule has 1 N–H and O–H groups in total. The normalized spacial score (nSPS) is 12.5. The van der Waals surface area contributed by atoms with E-state index in [-0.39, 0.29) is 25.2 Å². The third kappa shape index (κ3) is 20.4. The minimum atomic E-state index is -0.213. The second-order valence-electron chi connectivity index (χ2n) is 7.74. The molecule has 190 valence electrons. The Hall–Kier alpha value is -1.96. The van der Waals surface area contributed by atoms with Crippen molar-refractivity contribution in [3.63, 3.8) is 0 Å². The van der Waals surface area contributed by atoms with E-state index in [2.05, 4.69) is 11.5 Å². The zero-order valence-corrected chi connectivity index (χ0v) is 20.7. The Balaban J connectivity index is 3.89. The third-order valence-corrected chi connectivity index (χ3v) is 5.09. The van der Waals surface area contributed by atoms with Crippen molar-refractivity contribution in [3.8, 4) is 0 Å². The van der Waals surface area contributed by atoms with Crippen LogP contribution in [0.5, 0.6) is 0 Å². The number of likely N-dealkylation sites (N-methyl/N-ethyl adjacent to an activating group) is 1. The van der Waals surface area contributed by atoms with Crippen LogP contribution < -0.4 is 0 Å². The lowest BCUT2D eigenvalue weighted by Gasteiger charge is -2.19. The topological polar surface area (TPSA) is 85.3 Å². The van der Waals surface area contributed by atoms with E-state index in [1.54, 1.807) is 0 Å². The smallest absolute Gasteiger partial charge is 0.307 e. The fraction of sp³-hybridized carbons (Fsp3) is 0.692. The van der Waals surface area contributed by atoms with Gasteiger partial charge >= 0.3 is 11.9 Å². The van der Waals surface area contributed by atoms with Gasteiger partial charge in [-0.25, -0.2) is 0 Å². The van der Waals surface area contributed by atoms with Crippen LogP contribution in [0.3, 0.4) is 0 Å². The highest BCUT2D eigenvalue weighted by atomic mass is 16.5. The minimum absolute atomic E-state index is 0.0222. The van der Waals surface area contributed by atoms with Crippen LogP contribution in [-0.4, -0.2) is 74.6 Å². The van der Waals surface area contributed by atoms with Gasteiger partial charge in [-0.2, -0.15) is 0 Å². The molecule has 0 saturated carbocycles. The summed E-state index contributed by atoms with van der Waals surface area (Å²) >= 11 is 0. The Morgan fingerprint density at radius 3 is 2.30 bits per heavy atom. The number of esters is 2. The summed E-state index contributed by atoms with van der Waals surface area (Å²) in [5, 5.41) is 8.71. The van der Waals surface area contributed by atoms with Crippen LogP contribution in [0.4, 0.5) is 0 Å². The van der Waals surface area contributed by atoms with Crippen molar-refractivity contribution >= 4 is 11.9 Å². The number of aliphatic hydroxyl groups excluding tert-OH is 1. The fourth-order valence-electron chi connectivity index (χ4n) is 2.95. The van der Waals surface area contributed by atoms with Gasteiger partial charge in [-0.1, -0.05) is 50.6 Å². The number of hydrogen-bond acceptors (Lipinski definition) is 7. The van der Waals surface area contributed by atoms with Crippen molar-refractivity contribution in [3.05, 3.63) is 37.0 Å². The first-order valence-corrected chi connectivity index (χ1v) is 12.2. The summed E-state index contributed by atoms with van der Waals surface area (Å²) in [5.74, 6) is -0.00196. The van der Waals surface area contributed by atoms with E-state index >= 15 is 0 Å². The van der Waals surface area contributed by atoms with Crippen molar-refractivity contribution in [2.75, 3.05) is 52.7 Å². The first-order chi connectivity index (χ1) is 16.1. The summed E-state index contributed by atoms with van der Waals surface area (Å²) < 4.78 is 15.7. The molecule has 7 nitrogen and oxygen atoms in total. The SMILES string of the molecule is C=CC(C/C=C\COC(=O)CCN(CC)CCOCCO)CC/C=C/COC(=O)CCCC. The van der Waals surface area contributed by atoms with Gasteiger partial charge in [-0.05, 0) is 38.1 Å². The highest BCUT2D eigenvalue weighted by molar-refractivity contribution is 5.69. The molecular formula is C26H45NO6. The largest absolute Gasteiger partial charge is 0.461 e. The quantitative estimate of drug-likeness (QED) is 0.146. The van der Waals surface area contributed by atoms with Gasteiger partial charge in [-0.15, -0.1) is 6.58 Å². The van der Waals surface area contributed by atoms with Crippen LogP contribution in [0.1, 0.15) is 58.8 Å². The summed E-state index contributed by atoms with van der Waals surface area (Å²) in [4.78, 5) is 25.5. The summed E-state index contributed by atoms with van der Waals surface area (Å²) in [5.41, 5.74) is 0. The molecule has 1 unspecified atom stereocenters. The zero-order valence-electron chi connectivity index (χ0n) is 20.7. The number of unbranched alkanes of at least 4 members (excludes halogenated alkanes) is 1. The lowest BCUT2D eigenvalue weighted by molar-refractivity contribution is -0.143. The summed E-state index contributed by atoms with van der Waals surface area (Å²) in [6.07, 6.45) is 15.2. The highest BCUT2D eigenvalue weighted by Crippen LogP contribution is 2.13. The Bertz CT molecular complexity index is 561. The number of allylic oxidation sites excluding steroid dienone is 3. The molecule has 0 saturated heterocycles. The summed E-state index contributed by atoms with van der Waals surface area (Å²) in [7, 11) is 0. The number of carbonyl (C=O) groups is 2. The number of nitrogens with zero attached hydrogens (tertiary/aromatic N) is 1. The molecule has 33 heavy (non-hydrogen) atoms. The average molecular weight is 468 g/mol. The number of ether oxygens (including phenoxy) is 3. The maximum Gasteiger partial charge on any atom is 0.307 e. The van der Waals surface area contributed by atoms with Crippen molar-refractivity contribution in [2.45, 2.75) is 58.8 Å². The average Bonchev–Trinajstić information content (AvgIpc) is 2.82. The molecule has 0 amide bonds. The molecule has 0 heterocycles. The van der Waals surface area contributed by atoms with Crippen molar-refractivity contribution < 1.29 is 28.9 Å². The Morgan fingerprint density at radius 2 is 1.67 bits per heavy atom. The van der Waals surface area contributed by atoms with Crippen molar-refractivity contribution in [1.29, 1.82) is 0 Å². The van der Waals surface area contributed by atoms with Crippen LogP contribution in [-0.2, 0) is 23.8 Å². The molecule has 1 atom stereocenters. The van der Waals surface area contributed by atoms with E-state index in [1.165, 1.54) is 0 Å². The second kappa shape index (κ2) is 23.2. The van der Waals surface area contributed by atoms with Crippen LogP contribution in [0, 0.1) is 5.92 Å². The monoisotopic (exact) mass is 467 g/mol. The molecule has 0 aliphatic heterocycles. The molecule has 0 fully saturated rings. The lowest BCUT2D eigenvalue weighted by atomic mass is 9.99. The molecule has 0 rings (SSSR count). The number of aliphatic hydroxyl groups is 1. The number of carbonyl (C=O) groups excluding carboxylic acids is 2. The lowest BCUT2D eigenvalue weighted by Crippen LogP contribution is -2.30. The first kappa shape index (κ1) is 31.0. The molecule has 0 spiro atoms. The standard InChI is InChI=1S/C26H45NO6/c1-4-7-15-25(29)32-20-11-8-9-13-24(5-2)14-10-12-21-33-26(30)16-17-27(6-3)18-22-31-23-19-28/h5,8,10-12,24,28H,2,4,6-7,9,13-23H2,1,3H3/b11-8+,12-10-. The van der Waals surface area contributed by atoms with Crippen LogP contribution in [0.15, 0.2) is 37.0 Å². The Labute approximate surface area is 200 Å². The molecule has 0 aromatic rings. The number of hydrogen-bond donors (Lipinski definition) is 1. The first-order valence-electron chi connectivity index (χ1n) is 12.2. The number of rotatable bonds is 22. The molecule has 0 radical (unpaired) electrons. The summed E-state index contributed by atoms with van der Waals surface area (Å²) in [6.45, 7) is 11.7. The maximum absolute atomic E-state index is 11.9. The molecule has 7 heteroatoms. The zero-order chi connectivity index (χ0) is 24.6. The van der Waals surface area contributed by atoms with Crippen molar-refractivity contribution in [2.24, 2.45) is 5.92 Å². The molecule has 0 aromatic heterocycles. The van der Waals surface area contributed by atoms with Gasteiger partial charge in [0.25, 0.3) is 0 Å². The molecule has 0 aliphatic rings. The van der Waals surface area contributed by atoms with Gasteiger partial charge in [0, 0.05) is 19.5 Å². The van der Waals surface area contributed by atoms with Gasteiger partial charge in [0.05, 0.1) is 26.2 Å². The van der Waals surface area contributed by atoms with Gasteiger partial charge in [0.2, 0.25) is 0 Å². The van der Waals surface area contributed by atoms with E-state index in [0.29, 0.717) is 45.1 Å². The van der Waals surface area contributed by atoms with Crippen LogP contribution in [0.2, 0.25) is 0 Å². The third-order valence-electron chi connectivity index (χ3n) is 5.09. The summed E-state index contributed by atoms with van der Waals surface area (Å²) in [6, 6.07) is 0. The van der Waals surface area contributed by atoms with Gasteiger partial charge < -0.3 is 24.2 Å². The van der Waals surface area contributed by atoms with Gasteiger partial charge in [0.1, 0.15) is 13.2 Å².